The van der Waals surface area contributed by atoms with Crippen molar-refractivity contribution >= 4 is 17.5 Å². The van der Waals surface area contributed by atoms with E-state index in [4.69, 9.17) is 22.1 Å². The standard InChI is InChI=1S/C5H6ClN3O.C5H11N/c1-10-4-3(6)2-8-5(7)9-4;1-2-4-6-5-3-1/h2H,1H3,(H2,7,8,9);6H,1-5H2. The second-order valence-electron chi connectivity index (χ2n) is 3.40. The van der Waals surface area contributed by atoms with Gasteiger partial charge in [-0.25, -0.2) is 4.98 Å². The predicted molar refractivity (Wildman–Crippen MR) is 64.7 cm³/mol. The number of nitrogens with one attached hydrogen (secondary N) is 1. The monoisotopic (exact) mass is 244 g/mol. The highest BCUT2D eigenvalue weighted by atomic mass is 35.5. The Morgan fingerprint density at radius 3 is 2.44 bits per heavy atom. The summed E-state index contributed by atoms with van der Waals surface area (Å²) in [5, 5.41) is 3.64. The Bertz CT molecular complexity index is 306. The summed E-state index contributed by atoms with van der Waals surface area (Å²) in [6, 6.07) is 0. The van der Waals surface area contributed by atoms with Crippen molar-refractivity contribution in [3.8, 4) is 5.88 Å². The van der Waals surface area contributed by atoms with Gasteiger partial charge in [-0.05, 0) is 25.9 Å². The molecule has 6 heteroatoms. The third-order valence-electron chi connectivity index (χ3n) is 2.13. The summed E-state index contributed by atoms with van der Waals surface area (Å²) >= 11 is 5.59. The van der Waals surface area contributed by atoms with Gasteiger partial charge in [0.15, 0.2) is 0 Å². The maximum absolute atomic E-state index is 5.59. The molecule has 0 saturated carbocycles. The molecule has 0 radical (unpaired) electrons. The fraction of sp³-hybridized carbons (Fsp3) is 0.600. The number of nitrogen functional groups attached to an aromatic ring is 1. The van der Waals surface area contributed by atoms with Gasteiger partial charge < -0.3 is 15.8 Å². The van der Waals surface area contributed by atoms with E-state index in [0.29, 0.717) is 10.9 Å². The number of nitrogens with two attached hydrogens (primary N) is 1. The molecule has 3 N–H and O–H groups in total. The molecular weight excluding hydrogens is 228 g/mol. The molecule has 1 aliphatic heterocycles. The van der Waals surface area contributed by atoms with Crippen molar-refractivity contribution in [2.24, 2.45) is 0 Å². The normalized spacial score (nSPS) is 14.9. The Kier molecular flexibility index (Phi) is 5.88. The zero-order valence-corrected chi connectivity index (χ0v) is 10.1. The summed E-state index contributed by atoms with van der Waals surface area (Å²) in [5.74, 6) is 0.454. The molecule has 1 aromatic rings. The van der Waals surface area contributed by atoms with Crippen molar-refractivity contribution in [2.45, 2.75) is 19.3 Å². The smallest absolute Gasteiger partial charge is 0.237 e. The van der Waals surface area contributed by atoms with Crippen LogP contribution in [0.2, 0.25) is 5.02 Å². The molecule has 2 rings (SSSR count). The molecule has 0 unspecified atom stereocenters. The number of nitrogens with zero attached hydrogens (tertiary/aromatic N) is 2. The van der Waals surface area contributed by atoms with Gasteiger partial charge in [-0.15, -0.1) is 0 Å². The van der Waals surface area contributed by atoms with Crippen LogP contribution in [-0.2, 0) is 0 Å². The number of piperidine rings is 1. The molecule has 16 heavy (non-hydrogen) atoms. The van der Waals surface area contributed by atoms with Crippen LogP contribution in [0.15, 0.2) is 6.20 Å². The molecule has 1 saturated heterocycles. The predicted octanol–water partition coefficient (Wildman–Crippen LogP) is 1.48. The summed E-state index contributed by atoms with van der Waals surface area (Å²) in [6.45, 7) is 2.50. The molecule has 0 aromatic carbocycles. The van der Waals surface area contributed by atoms with E-state index >= 15 is 0 Å². The number of rotatable bonds is 1. The molecule has 2 heterocycles. The van der Waals surface area contributed by atoms with Crippen LogP contribution in [0.25, 0.3) is 0 Å². The van der Waals surface area contributed by atoms with E-state index in [1.54, 1.807) is 0 Å². The second-order valence-corrected chi connectivity index (χ2v) is 3.80. The lowest BCUT2D eigenvalue weighted by atomic mass is 10.2. The SMILES string of the molecule is C1CCNCC1.COc1nc(N)ncc1Cl. The van der Waals surface area contributed by atoms with Gasteiger partial charge in [-0.3, -0.25) is 0 Å². The first-order chi connectivity index (χ1) is 7.74. The van der Waals surface area contributed by atoms with Gasteiger partial charge in [0.2, 0.25) is 11.8 Å². The fourth-order valence-corrected chi connectivity index (χ4v) is 1.48. The molecule has 0 spiro atoms. The molecule has 90 valence electrons. The maximum Gasteiger partial charge on any atom is 0.237 e. The van der Waals surface area contributed by atoms with Crippen molar-refractivity contribution in [1.82, 2.24) is 15.3 Å². The number of hydrogen-bond acceptors (Lipinski definition) is 5. The quantitative estimate of drug-likeness (QED) is 0.783. The summed E-state index contributed by atoms with van der Waals surface area (Å²) in [6.07, 6.45) is 5.61. The minimum atomic E-state index is 0.154. The highest BCUT2D eigenvalue weighted by molar-refractivity contribution is 6.31. The van der Waals surface area contributed by atoms with Crippen molar-refractivity contribution in [3.63, 3.8) is 0 Å². The Morgan fingerprint density at radius 1 is 1.38 bits per heavy atom. The van der Waals surface area contributed by atoms with Gasteiger partial charge >= 0.3 is 0 Å². The van der Waals surface area contributed by atoms with Gasteiger partial charge in [0.1, 0.15) is 5.02 Å². The van der Waals surface area contributed by atoms with Gasteiger partial charge in [0, 0.05) is 0 Å². The van der Waals surface area contributed by atoms with E-state index in [1.165, 1.54) is 45.7 Å². The third kappa shape index (κ3) is 4.63. The molecular formula is C10H17ClN4O. The minimum absolute atomic E-state index is 0.154. The number of ether oxygens (including phenoxy) is 1. The number of anilines is 1. The first kappa shape index (κ1) is 13.0. The Morgan fingerprint density at radius 2 is 2.06 bits per heavy atom. The van der Waals surface area contributed by atoms with Gasteiger partial charge in [-0.2, -0.15) is 4.98 Å². The topological polar surface area (TPSA) is 73.1 Å². The van der Waals surface area contributed by atoms with E-state index in [-0.39, 0.29) is 5.95 Å². The van der Waals surface area contributed by atoms with E-state index in [2.05, 4.69) is 15.3 Å². The largest absolute Gasteiger partial charge is 0.480 e. The zero-order chi connectivity index (χ0) is 11.8. The maximum atomic E-state index is 5.59. The second kappa shape index (κ2) is 7.24. The molecule has 0 amide bonds. The van der Waals surface area contributed by atoms with E-state index < -0.39 is 0 Å². The summed E-state index contributed by atoms with van der Waals surface area (Å²) in [5.41, 5.74) is 5.24. The summed E-state index contributed by atoms with van der Waals surface area (Å²) < 4.78 is 4.76. The molecule has 1 aliphatic rings. The number of hydrogen-bond donors (Lipinski definition) is 2. The molecule has 0 atom stereocenters. The lowest BCUT2D eigenvalue weighted by molar-refractivity contribution is 0.398. The molecule has 1 aromatic heterocycles. The molecule has 0 aliphatic carbocycles. The van der Waals surface area contributed by atoms with E-state index in [1.807, 2.05) is 0 Å². The van der Waals surface area contributed by atoms with Crippen molar-refractivity contribution in [3.05, 3.63) is 11.2 Å². The number of methoxy groups -OCH3 is 1. The molecule has 1 fully saturated rings. The fourth-order valence-electron chi connectivity index (χ4n) is 1.31. The number of aromatic nitrogens is 2. The van der Waals surface area contributed by atoms with Crippen LogP contribution in [0.1, 0.15) is 19.3 Å². The van der Waals surface area contributed by atoms with Crippen molar-refractivity contribution in [2.75, 3.05) is 25.9 Å². The van der Waals surface area contributed by atoms with Crippen LogP contribution in [0, 0.1) is 0 Å². The van der Waals surface area contributed by atoms with Gasteiger partial charge in [0.05, 0.1) is 13.3 Å². The van der Waals surface area contributed by atoms with Crippen molar-refractivity contribution < 1.29 is 4.74 Å². The Balaban J connectivity index is 0.000000181. The number of halogens is 1. The lowest BCUT2D eigenvalue weighted by Gasteiger charge is -2.08. The summed E-state index contributed by atoms with van der Waals surface area (Å²) in [7, 11) is 1.47. The van der Waals surface area contributed by atoms with Crippen molar-refractivity contribution in [1.29, 1.82) is 0 Å². The van der Waals surface area contributed by atoms with Crippen LogP contribution in [0.4, 0.5) is 5.95 Å². The first-order valence-electron chi connectivity index (χ1n) is 5.26. The average molecular weight is 245 g/mol. The Hall–Kier alpha value is -1.07. The lowest BCUT2D eigenvalue weighted by Crippen LogP contribution is -2.21. The van der Waals surface area contributed by atoms with Crippen LogP contribution >= 0.6 is 11.6 Å². The Labute approximate surface area is 100 Å². The van der Waals surface area contributed by atoms with Gasteiger partial charge in [-0.1, -0.05) is 18.0 Å². The highest BCUT2D eigenvalue weighted by Crippen LogP contribution is 2.19. The van der Waals surface area contributed by atoms with Gasteiger partial charge in [0.25, 0.3) is 0 Å². The summed E-state index contributed by atoms with van der Waals surface area (Å²) in [4.78, 5) is 7.35. The third-order valence-corrected chi connectivity index (χ3v) is 2.39. The van der Waals surface area contributed by atoms with Crippen LogP contribution in [0.3, 0.4) is 0 Å². The average Bonchev–Trinajstić information content (AvgIpc) is 2.35. The van der Waals surface area contributed by atoms with Crippen LogP contribution < -0.4 is 15.8 Å². The van der Waals surface area contributed by atoms with E-state index in [0.717, 1.165) is 0 Å². The zero-order valence-electron chi connectivity index (χ0n) is 9.37. The first-order valence-corrected chi connectivity index (χ1v) is 5.64. The van der Waals surface area contributed by atoms with E-state index in [9.17, 15) is 0 Å². The molecule has 0 bridgehead atoms. The van der Waals surface area contributed by atoms with Crippen LogP contribution in [-0.4, -0.2) is 30.2 Å². The minimum Gasteiger partial charge on any atom is -0.480 e. The van der Waals surface area contributed by atoms with Crippen LogP contribution in [0.5, 0.6) is 5.88 Å². The highest BCUT2D eigenvalue weighted by Gasteiger charge is 2.01. The molecule has 5 nitrogen and oxygen atoms in total.